The molecule has 0 fully saturated rings. The van der Waals surface area contributed by atoms with Crippen molar-refractivity contribution in [2.75, 3.05) is 0 Å². The Kier molecular flexibility index (Phi) is 9.74. The van der Waals surface area contributed by atoms with Gasteiger partial charge in [0.1, 0.15) is 11.0 Å². The highest BCUT2D eigenvalue weighted by molar-refractivity contribution is 7.89. The van der Waals surface area contributed by atoms with Crippen molar-refractivity contribution in [1.82, 2.24) is 4.72 Å². The Morgan fingerprint density at radius 1 is 1.09 bits per heavy atom. The first-order valence-electron chi connectivity index (χ1n) is 10.7. The largest absolute Gasteiger partial charge is 0.427 e. The first-order chi connectivity index (χ1) is 15.3. The number of ether oxygens (including phenoxy) is 1. The van der Waals surface area contributed by atoms with Gasteiger partial charge in [0.25, 0.3) is 0 Å². The first-order valence-corrected chi connectivity index (χ1v) is 12.2. The van der Waals surface area contributed by atoms with E-state index >= 15 is 0 Å². The maximum atomic E-state index is 13.0. The van der Waals surface area contributed by atoms with Crippen LogP contribution in [-0.4, -0.2) is 32.4 Å². The van der Waals surface area contributed by atoms with Crippen molar-refractivity contribution in [2.24, 2.45) is 0 Å². The van der Waals surface area contributed by atoms with Gasteiger partial charge in [0.15, 0.2) is 0 Å². The highest BCUT2D eigenvalue weighted by Crippen LogP contribution is 2.27. The van der Waals surface area contributed by atoms with Crippen molar-refractivity contribution in [3.8, 4) is 5.75 Å². The van der Waals surface area contributed by atoms with E-state index in [9.17, 15) is 13.2 Å². The van der Waals surface area contributed by atoms with Crippen LogP contribution in [0.4, 0.5) is 0 Å². The molecule has 0 amide bonds. The lowest BCUT2D eigenvalue weighted by atomic mass is 10.1. The van der Waals surface area contributed by atoms with Gasteiger partial charge in [-0.3, -0.25) is 4.79 Å². The lowest BCUT2D eigenvalue weighted by molar-refractivity contribution is -0.134. The number of nitrogens with one attached hydrogen (secondary N) is 3. The number of hydrogen-bond acceptors (Lipinski definition) is 6. The second-order valence-corrected chi connectivity index (χ2v) is 9.56. The Morgan fingerprint density at radius 3 is 2.34 bits per heavy atom. The molecule has 2 unspecified atom stereocenters. The second kappa shape index (κ2) is 12.3. The number of rotatable bonds is 13. The fraction of sp³-hybridized carbons (Fsp3) is 0.375. The van der Waals surface area contributed by atoms with Gasteiger partial charge < -0.3 is 15.6 Å². The van der Waals surface area contributed by atoms with Gasteiger partial charge >= 0.3 is 5.97 Å². The van der Waals surface area contributed by atoms with Gasteiger partial charge in [-0.25, -0.2) is 13.1 Å². The number of hydrogen-bond donors (Lipinski definition) is 3. The predicted molar refractivity (Wildman–Crippen MR) is 127 cm³/mol. The number of esters is 1. The minimum atomic E-state index is -3.77. The zero-order valence-corrected chi connectivity index (χ0v) is 19.3. The number of sulfonamides is 1. The van der Waals surface area contributed by atoms with Crippen LogP contribution in [0, 0.1) is 10.8 Å². The van der Waals surface area contributed by atoms with E-state index < -0.39 is 27.3 Å². The Hall–Kier alpha value is -2.84. The van der Waals surface area contributed by atoms with Crippen LogP contribution >= 0.6 is 0 Å². The molecule has 8 heteroatoms. The molecular formula is C24H31N3O4S. The van der Waals surface area contributed by atoms with Crippen molar-refractivity contribution in [1.29, 1.82) is 10.8 Å². The van der Waals surface area contributed by atoms with Gasteiger partial charge in [-0.15, -0.1) is 0 Å². The molecule has 172 valence electrons. The third kappa shape index (κ3) is 7.69. The fourth-order valence-corrected chi connectivity index (χ4v) is 5.07. The summed E-state index contributed by atoms with van der Waals surface area (Å²) < 4.78 is 33.9. The molecule has 32 heavy (non-hydrogen) atoms. The van der Waals surface area contributed by atoms with Crippen LogP contribution in [0.15, 0.2) is 54.6 Å². The monoisotopic (exact) mass is 457 g/mol. The molecule has 0 saturated carbocycles. The SMILES string of the molecule is CCCC(=N)c1ccc(OC(=O)CCC(c2ccccc2)S(=O)(=O)NC(C)CC=N)cc1. The molecular weight excluding hydrogens is 426 g/mol. The molecule has 0 aromatic heterocycles. The average molecular weight is 458 g/mol. The van der Waals surface area contributed by atoms with Crippen LogP contribution in [0.25, 0.3) is 0 Å². The average Bonchev–Trinajstić information content (AvgIpc) is 2.75. The van der Waals surface area contributed by atoms with Crippen LogP contribution in [-0.2, 0) is 14.8 Å². The molecule has 2 rings (SSSR count). The van der Waals surface area contributed by atoms with Gasteiger partial charge in [0.05, 0.1) is 0 Å². The summed E-state index contributed by atoms with van der Waals surface area (Å²) in [5.41, 5.74) is 1.91. The standard InChI is InChI=1S/C24H31N3O4S/c1-3-7-22(26)19-10-12-21(13-11-19)31-24(28)15-14-23(20-8-5-4-6-9-20)32(29,30)27-18(2)16-17-25/h4-6,8-13,17-18,23,25-27H,3,7,14-16H2,1-2H3. The van der Waals surface area contributed by atoms with Crippen LogP contribution in [0.5, 0.6) is 5.75 Å². The molecule has 2 atom stereocenters. The van der Waals surface area contributed by atoms with Gasteiger partial charge in [0, 0.05) is 18.2 Å². The molecule has 3 N–H and O–H groups in total. The third-order valence-electron chi connectivity index (χ3n) is 4.93. The summed E-state index contributed by atoms with van der Waals surface area (Å²) in [5, 5.41) is 14.3. The second-order valence-electron chi connectivity index (χ2n) is 7.67. The van der Waals surface area contributed by atoms with Crippen molar-refractivity contribution >= 4 is 27.9 Å². The van der Waals surface area contributed by atoms with Crippen molar-refractivity contribution in [3.05, 3.63) is 65.7 Å². The Morgan fingerprint density at radius 2 is 1.75 bits per heavy atom. The highest BCUT2D eigenvalue weighted by atomic mass is 32.2. The normalized spacial score (nSPS) is 13.2. The van der Waals surface area contributed by atoms with E-state index in [2.05, 4.69) is 4.72 Å². The van der Waals surface area contributed by atoms with E-state index in [1.54, 1.807) is 61.5 Å². The zero-order chi connectivity index (χ0) is 23.6. The van der Waals surface area contributed by atoms with Gasteiger partial charge in [0.2, 0.25) is 10.0 Å². The van der Waals surface area contributed by atoms with Gasteiger partial charge in [-0.2, -0.15) is 0 Å². The molecule has 0 heterocycles. The minimum Gasteiger partial charge on any atom is -0.427 e. The fourth-order valence-electron chi connectivity index (χ4n) is 3.31. The highest BCUT2D eigenvalue weighted by Gasteiger charge is 2.29. The summed E-state index contributed by atoms with van der Waals surface area (Å²) in [6, 6.07) is 15.1. The van der Waals surface area contributed by atoms with E-state index in [4.69, 9.17) is 15.6 Å². The Balaban J connectivity index is 2.06. The molecule has 0 aliphatic heterocycles. The maximum Gasteiger partial charge on any atom is 0.311 e. The molecule has 0 bridgehead atoms. The van der Waals surface area contributed by atoms with Crippen molar-refractivity contribution in [2.45, 2.75) is 57.2 Å². The molecule has 2 aromatic carbocycles. The Bertz CT molecular complexity index is 1010. The summed E-state index contributed by atoms with van der Waals surface area (Å²) in [6.45, 7) is 3.71. The van der Waals surface area contributed by atoms with Crippen molar-refractivity contribution < 1.29 is 17.9 Å². The molecule has 7 nitrogen and oxygen atoms in total. The smallest absolute Gasteiger partial charge is 0.311 e. The van der Waals surface area contributed by atoms with E-state index in [-0.39, 0.29) is 19.3 Å². The van der Waals surface area contributed by atoms with Crippen LogP contribution in [0.3, 0.4) is 0 Å². The van der Waals surface area contributed by atoms with E-state index in [1.165, 1.54) is 0 Å². The number of benzene rings is 2. The minimum absolute atomic E-state index is 0.0642. The van der Waals surface area contributed by atoms with Crippen molar-refractivity contribution in [3.63, 3.8) is 0 Å². The Labute approximate surface area is 190 Å². The first kappa shape index (κ1) is 25.4. The number of carbonyl (C=O) groups is 1. The summed E-state index contributed by atoms with van der Waals surface area (Å²) in [5.74, 6) is -0.162. The van der Waals surface area contributed by atoms with Crippen LogP contribution in [0.1, 0.15) is 62.3 Å². The predicted octanol–water partition coefficient (Wildman–Crippen LogP) is 4.63. The molecule has 0 aliphatic carbocycles. The molecule has 0 radical (unpaired) electrons. The van der Waals surface area contributed by atoms with Crippen LogP contribution < -0.4 is 9.46 Å². The third-order valence-corrected chi connectivity index (χ3v) is 6.92. The summed E-state index contributed by atoms with van der Waals surface area (Å²) in [4.78, 5) is 12.4. The van der Waals surface area contributed by atoms with E-state index in [0.29, 0.717) is 23.4 Å². The molecule has 0 saturated heterocycles. The lowest BCUT2D eigenvalue weighted by Crippen LogP contribution is -2.36. The molecule has 0 spiro atoms. The molecule has 0 aliphatic rings. The van der Waals surface area contributed by atoms with Gasteiger partial charge in [-0.05, 0) is 67.8 Å². The summed E-state index contributed by atoms with van der Waals surface area (Å²) >= 11 is 0. The lowest BCUT2D eigenvalue weighted by Gasteiger charge is -2.21. The zero-order valence-electron chi connectivity index (χ0n) is 18.5. The molecule has 2 aromatic rings. The number of carbonyl (C=O) groups excluding carboxylic acids is 1. The maximum absolute atomic E-state index is 13.0. The van der Waals surface area contributed by atoms with Crippen LogP contribution in [0.2, 0.25) is 0 Å². The summed E-state index contributed by atoms with van der Waals surface area (Å²) in [7, 11) is -3.77. The van der Waals surface area contributed by atoms with E-state index in [0.717, 1.165) is 18.2 Å². The quantitative estimate of drug-likeness (QED) is 0.231. The summed E-state index contributed by atoms with van der Waals surface area (Å²) in [6.07, 6.45) is 3.00. The van der Waals surface area contributed by atoms with Gasteiger partial charge in [-0.1, -0.05) is 43.7 Å². The topological polar surface area (TPSA) is 120 Å². The van der Waals surface area contributed by atoms with E-state index in [1.807, 2.05) is 6.92 Å².